The highest BCUT2D eigenvalue weighted by Gasteiger charge is 2.33. The summed E-state index contributed by atoms with van der Waals surface area (Å²) in [5, 5.41) is 2.95. The van der Waals surface area contributed by atoms with Crippen molar-refractivity contribution in [3.8, 4) is 11.5 Å². The number of ether oxygens (including phenoxy) is 3. The van der Waals surface area contributed by atoms with Crippen LogP contribution < -0.4 is 19.7 Å². The van der Waals surface area contributed by atoms with Crippen molar-refractivity contribution in [2.45, 2.75) is 6.42 Å². The van der Waals surface area contributed by atoms with Gasteiger partial charge in [-0.15, -0.1) is 0 Å². The van der Waals surface area contributed by atoms with Crippen LogP contribution in [0.3, 0.4) is 0 Å². The second-order valence-electron chi connectivity index (χ2n) is 10.4. The number of aliphatic imine (C=N–C) groups is 2. The standard InChI is InChI=1S/C29H37N9O4/c1-3-35-10-12-37(13-11-35)28-31-19-21(20-32-28)27(39)34-29-33-24-22(26-30-7-9-38(26)29)5-6-23(25(24)40-2)42-16-4-8-36-14-17-41-18-15-36/h3,5-6,19-20H,1,4,7-18H2,2H3,(H,33,34,39). The maximum absolute atomic E-state index is 13.3. The normalized spacial score (nSPS) is 18.5. The lowest BCUT2D eigenvalue weighted by molar-refractivity contribution is 0.0357. The Balaban J connectivity index is 1.15. The fourth-order valence-corrected chi connectivity index (χ4v) is 5.48. The number of methoxy groups -OCH3 is 1. The number of amidine groups is 1. The van der Waals surface area contributed by atoms with E-state index in [1.54, 1.807) is 19.5 Å². The van der Waals surface area contributed by atoms with Gasteiger partial charge in [-0.05, 0) is 24.8 Å². The zero-order valence-corrected chi connectivity index (χ0v) is 24.0. The number of rotatable bonds is 9. The monoisotopic (exact) mass is 575 g/mol. The molecule has 5 heterocycles. The average Bonchev–Trinajstić information content (AvgIpc) is 3.54. The summed E-state index contributed by atoms with van der Waals surface area (Å²) in [5.41, 5.74) is 1.77. The first kappa shape index (κ1) is 27.9. The summed E-state index contributed by atoms with van der Waals surface area (Å²) < 4.78 is 17.3. The van der Waals surface area contributed by atoms with Crippen LogP contribution in [0.15, 0.2) is 47.3 Å². The SMILES string of the molecule is C=CN1CCN(c2ncc(C(=O)NC3=Nc4c(ccc(OCCCN5CCOCC5)c4OC)C4=NCCN34)cn2)CC1. The Bertz CT molecular complexity index is 1350. The summed E-state index contributed by atoms with van der Waals surface area (Å²) in [7, 11) is 1.60. The topological polar surface area (TPSA) is 120 Å². The van der Waals surface area contributed by atoms with Gasteiger partial charge in [-0.25, -0.2) is 15.0 Å². The Morgan fingerprint density at radius 3 is 2.62 bits per heavy atom. The summed E-state index contributed by atoms with van der Waals surface area (Å²) in [4.78, 5) is 40.3. The minimum absolute atomic E-state index is 0.346. The number of anilines is 1. The third-order valence-corrected chi connectivity index (χ3v) is 7.82. The first-order valence-corrected chi connectivity index (χ1v) is 14.4. The van der Waals surface area contributed by atoms with E-state index in [1.807, 2.05) is 23.2 Å². The Morgan fingerprint density at radius 2 is 1.88 bits per heavy atom. The molecule has 1 N–H and O–H groups in total. The van der Waals surface area contributed by atoms with E-state index in [-0.39, 0.29) is 5.91 Å². The molecule has 2 saturated heterocycles. The number of guanidine groups is 1. The molecule has 42 heavy (non-hydrogen) atoms. The molecule has 4 aliphatic heterocycles. The summed E-state index contributed by atoms with van der Waals surface area (Å²) in [6.45, 7) is 13.3. The highest BCUT2D eigenvalue weighted by molar-refractivity contribution is 6.20. The van der Waals surface area contributed by atoms with E-state index in [1.165, 1.54) is 0 Å². The predicted molar refractivity (Wildman–Crippen MR) is 159 cm³/mol. The van der Waals surface area contributed by atoms with Gasteiger partial charge in [-0.2, -0.15) is 0 Å². The fourth-order valence-electron chi connectivity index (χ4n) is 5.48. The number of aromatic nitrogens is 2. The summed E-state index contributed by atoms with van der Waals surface area (Å²) in [6, 6.07) is 3.86. The molecule has 0 bridgehead atoms. The molecule has 13 heteroatoms. The van der Waals surface area contributed by atoms with Gasteiger partial charge in [-0.1, -0.05) is 6.58 Å². The molecule has 0 atom stereocenters. The van der Waals surface area contributed by atoms with E-state index >= 15 is 0 Å². The van der Waals surface area contributed by atoms with E-state index < -0.39 is 0 Å². The maximum atomic E-state index is 13.3. The first-order valence-electron chi connectivity index (χ1n) is 14.4. The Morgan fingerprint density at radius 1 is 1.10 bits per heavy atom. The summed E-state index contributed by atoms with van der Waals surface area (Å²) in [6.07, 6.45) is 5.84. The molecular weight excluding hydrogens is 538 g/mol. The first-order chi connectivity index (χ1) is 20.6. The van der Waals surface area contributed by atoms with Gasteiger partial charge in [0.2, 0.25) is 11.9 Å². The van der Waals surface area contributed by atoms with Gasteiger partial charge in [0.25, 0.3) is 5.91 Å². The number of nitrogens with one attached hydrogen (secondary N) is 1. The molecule has 1 aromatic heterocycles. The van der Waals surface area contributed by atoms with Crippen molar-refractivity contribution in [2.24, 2.45) is 9.98 Å². The maximum Gasteiger partial charge on any atom is 0.261 e. The molecule has 222 valence electrons. The van der Waals surface area contributed by atoms with E-state index in [0.717, 1.165) is 76.8 Å². The van der Waals surface area contributed by atoms with E-state index in [4.69, 9.17) is 24.2 Å². The van der Waals surface area contributed by atoms with Crippen LogP contribution in [-0.4, -0.2) is 128 Å². The number of morpholine rings is 1. The van der Waals surface area contributed by atoms with Crippen LogP contribution in [0.2, 0.25) is 0 Å². The number of benzene rings is 1. The predicted octanol–water partition coefficient (Wildman–Crippen LogP) is 1.35. The second-order valence-corrected chi connectivity index (χ2v) is 10.4. The molecule has 6 rings (SSSR count). The van der Waals surface area contributed by atoms with Crippen LogP contribution in [0.1, 0.15) is 22.3 Å². The van der Waals surface area contributed by atoms with Crippen molar-refractivity contribution < 1.29 is 19.0 Å². The molecule has 0 saturated carbocycles. The third kappa shape index (κ3) is 5.88. The Labute approximate surface area is 245 Å². The highest BCUT2D eigenvalue weighted by Crippen LogP contribution is 2.43. The smallest absolute Gasteiger partial charge is 0.261 e. The molecule has 0 aliphatic carbocycles. The van der Waals surface area contributed by atoms with Crippen molar-refractivity contribution in [1.29, 1.82) is 0 Å². The largest absolute Gasteiger partial charge is 0.491 e. The van der Waals surface area contributed by atoms with Crippen LogP contribution in [0.25, 0.3) is 0 Å². The van der Waals surface area contributed by atoms with Gasteiger partial charge >= 0.3 is 0 Å². The van der Waals surface area contributed by atoms with Gasteiger partial charge in [0.15, 0.2) is 11.5 Å². The van der Waals surface area contributed by atoms with Crippen molar-refractivity contribution in [2.75, 3.05) is 90.7 Å². The Kier molecular flexibility index (Phi) is 8.47. The van der Waals surface area contributed by atoms with Gasteiger partial charge in [0, 0.05) is 70.3 Å². The highest BCUT2D eigenvalue weighted by atomic mass is 16.5. The van der Waals surface area contributed by atoms with Crippen molar-refractivity contribution in [3.63, 3.8) is 0 Å². The minimum Gasteiger partial charge on any atom is -0.491 e. The van der Waals surface area contributed by atoms with Gasteiger partial charge < -0.3 is 24.0 Å². The van der Waals surface area contributed by atoms with Crippen molar-refractivity contribution in [3.05, 3.63) is 48.4 Å². The van der Waals surface area contributed by atoms with Crippen molar-refractivity contribution in [1.82, 2.24) is 30.0 Å². The molecule has 4 aliphatic rings. The molecule has 13 nitrogen and oxygen atoms in total. The molecular formula is C29H37N9O4. The van der Waals surface area contributed by atoms with Crippen LogP contribution >= 0.6 is 0 Å². The van der Waals surface area contributed by atoms with E-state index in [9.17, 15) is 4.79 Å². The van der Waals surface area contributed by atoms with Crippen molar-refractivity contribution >= 4 is 29.3 Å². The zero-order chi connectivity index (χ0) is 28.9. The van der Waals surface area contributed by atoms with E-state index in [2.05, 4.69) is 36.6 Å². The number of carbonyl (C=O) groups excluding carboxylic acids is 1. The average molecular weight is 576 g/mol. The third-order valence-electron chi connectivity index (χ3n) is 7.82. The molecule has 2 aromatic rings. The molecule has 1 aromatic carbocycles. The van der Waals surface area contributed by atoms with Gasteiger partial charge in [0.1, 0.15) is 11.5 Å². The molecule has 0 radical (unpaired) electrons. The number of carbonyl (C=O) groups is 1. The number of nitrogens with zero attached hydrogens (tertiary/aromatic N) is 8. The summed E-state index contributed by atoms with van der Waals surface area (Å²) in [5.74, 6) is 2.52. The number of fused-ring (bicyclic) bond motifs is 3. The van der Waals surface area contributed by atoms with Crippen LogP contribution in [0, 0.1) is 0 Å². The zero-order valence-electron chi connectivity index (χ0n) is 24.0. The Hall–Kier alpha value is -4.23. The lowest BCUT2D eigenvalue weighted by atomic mass is 10.1. The molecule has 0 spiro atoms. The molecule has 1 amide bonds. The van der Waals surface area contributed by atoms with Gasteiger partial charge in [-0.3, -0.25) is 24.9 Å². The lowest BCUT2D eigenvalue weighted by Crippen LogP contribution is -2.47. The van der Waals surface area contributed by atoms with Crippen LogP contribution in [0.4, 0.5) is 11.6 Å². The quantitative estimate of drug-likeness (QED) is 0.439. The second kappa shape index (κ2) is 12.7. The van der Waals surface area contributed by atoms with E-state index in [0.29, 0.717) is 54.4 Å². The molecule has 0 unspecified atom stereocenters. The number of amides is 1. The lowest BCUT2D eigenvalue weighted by Gasteiger charge is -2.33. The number of hydrogen-bond acceptors (Lipinski definition) is 12. The number of hydrogen-bond donors (Lipinski definition) is 1. The molecule has 2 fully saturated rings. The number of piperazine rings is 1. The van der Waals surface area contributed by atoms with Gasteiger partial charge in [0.05, 0.1) is 39.0 Å². The minimum atomic E-state index is -0.346. The van der Waals surface area contributed by atoms with Crippen LogP contribution in [0.5, 0.6) is 11.5 Å². The fraction of sp³-hybridized carbons (Fsp3) is 0.483. The van der Waals surface area contributed by atoms with Crippen LogP contribution in [-0.2, 0) is 4.74 Å². The summed E-state index contributed by atoms with van der Waals surface area (Å²) >= 11 is 0.